The van der Waals surface area contributed by atoms with Crippen molar-refractivity contribution in [3.05, 3.63) is 38.7 Å². The average molecular weight is 282 g/mol. The molecule has 1 fully saturated rings. The van der Waals surface area contributed by atoms with Crippen LogP contribution in [0.25, 0.3) is 6.08 Å². The van der Waals surface area contributed by atoms with Crippen LogP contribution in [-0.4, -0.2) is 38.6 Å². The number of aliphatic hydroxyl groups excluding tert-OH is 2. The molecule has 110 valence electrons. The fourth-order valence-electron chi connectivity index (χ4n) is 2.27. The minimum absolute atomic E-state index is 0.199. The van der Waals surface area contributed by atoms with Crippen LogP contribution in [0.2, 0.25) is 0 Å². The number of H-pyrrole nitrogens is 1. The lowest BCUT2D eigenvalue weighted by Gasteiger charge is -2.15. The molecular weight excluding hydrogens is 264 g/mol. The molecule has 2 heterocycles. The molecule has 0 spiro atoms. The second kappa shape index (κ2) is 6.17. The summed E-state index contributed by atoms with van der Waals surface area (Å²) in [6.45, 7) is 1.69. The first kappa shape index (κ1) is 14.7. The molecule has 0 radical (unpaired) electrons. The van der Waals surface area contributed by atoms with E-state index in [0.717, 1.165) is 0 Å². The van der Waals surface area contributed by atoms with Crippen molar-refractivity contribution < 1.29 is 14.9 Å². The lowest BCUT2D eigenvalue weighted by Crippen LogP contribution is -2.33. The van der Waals surface area contributed by atoms with Gasteiger partial charge in [-0.15, -0.1) is 0 Å². The van der Waals surface area contributed by atoms with Gasteiger partial charge in [-0.3, -0.25) is 14.3 Å². The SMILES string of the molecule is CCC1OC(n2cc(/C=C/CO)c(=O)[nH]c2=O)C[C@@H]1O. The third-order valence-corrected chi connectivity index (χ3v) is 3.31. The highest BCUT2D eigenvalue weighted by atomic mass is 16.5. The van der Waals surface area contributed by atoms with Gasteiger partial charge in [0.25, 0.3) is 5.56 Å². The topological polar surface area (TPSA) is 105 Å². The Bertz CT molecular complexity index is 604. The summed E-state index contributed by atoms with van der Waals surface area (Å²) in [7, 11) is 0. The molecule has 0 bridgehead atoms. The Morgan fingerprint density at radius 2 is 2.30 bits per heavy atom. The number of ether oxygens (including phenoxy) is 1. The van der Waals surface area contributed by atoms with Gasteiger partial charge in [-0.05, 0) is 12.5 Å². The lowest BCUT2D eigenvalue weighted by molar-refractivity contribution is -0.0217. The van der Waals surface area contributed by atoms with Gasteiger partial charge >= 0.3 is 5.69 Å². The highest BCUT2D eigenvalue weighted by molar-refractivity contribution is 5.46. The van der Waals surface area contributed by atoms with Crippen LogP contribution in [-0.2, 0) is 4.74 Å². The van der Waals surface area contributed by atoms with Crippen molar-refractivity contribution in [1.82, 2.24) is 9.55 Å². The van der Waals surface area contributed by atoms with Crippen LogP contribution in [0.15, 0.2) is 21.9 Å². The first-order valence-electron chi connectivity index (χ1n) is 6.53. The summed E-state index contributed by atoms with van der Waals surface area (Å²) in [5, 5.41) is 18.5. The Morgan fingerprint density at radius 3 is 2.90 bits per heavy atom. The fraction of sp³-hybridized carbons (Fsp3) is 0.538. The Labute approximate surface area is 115 Å². The van der Waals surface area contributed by atoms with Crippen LogP contribution >= 0.6 is 0 Å². The van der Waals surface area contributed by atoms with Crippen molar-refractivity contribution in [3.8, 4) is 0 Å². The zero-order chi connectivity index (χ0) is 14.7. The maximum Gasteiger partial charge on any atom is 0.330 e. The molecule has 0 aliphatic carbocycles. The molecule has 0 amide bonds. The van der Waals surface area contributed by atoms with Gasteiger partial charge in [0.2, 0.25) is 0 Å². The number of rotatable bonds is 4. The smallest absolute Gasteiger partial charge is 0.330 e. The monoisotopic (exact) mass is 282 g/mol. The van der Waals surface area contributed by atoms with E-state index >= 15 is 0 Å². The molecular formula is C13H18N2O5. The third kappa shape index (κ3) is 2.90. The van der Waals surface area contributed by atoms with E-state index in [1.54, 1.807) is 0 Å². The van der Waals surface area contributed by atoms with E-state index in [4.69, 9.17) is 9.84 Å². The van der Waals surface area contributed by atoms with Crippen LogP contribution in [0.1, 0.15) is 31.6 Å². The molecule has 7 nitrogen and oxygen atoms in total. The van der Waals surface area contributed by atoms with Gasteiger partial charge < -0.3 is 14.9 Å². The van der Waals surface area contributed by atoms with Crippen molar-refractivity contribution in [2.45, 2.75) is 38.2 Å². The number of aromatic amines is 1. The predicted molar refractivity (Wildman–Crippen MR) is 72.3 cm³/mol. The number of hydrogen-bond donors (Lipinski definition) is 3. The van der Waals surface area contributed by atoms with Gasteiger partial charge in [-0.2, -0.15) is 0 Å². The Balaban J connectivity index is 2.35. The quantitative estimate of drug-likeness (QED) is 0.697. The molecule has 7 heteroatoms. The first-order valence-corrected chi connectivity index (χ1v) is 6.53. The van der Waals surface area contributed by atoms with E-state index in [1.807, 2.05) is 6.92 Å². The summed E-state index contributed by atoms with van der Waals surface area (Å²) in [5.74, 6) is 0. The Morgan fingerprint density at radius 1 is 1.55 bits per heavy atom. The summed E-state index contributed by atoms with van der Waals surface area (Å²) < 4.78 is 6.87. The molecule has 0 aromatic carbocycles. The lowest BCUT2D eigenvalue weighted by atomic mass is 10.1. The molecule has 1 aromatic rings. The van der Waals surface area contributed by atoms with E-state index in [9.17, 15) is 14.7 Å². The zero-order valence-electron chi connectivity index (χ0n) is 11.2. The third-order valence-electron chi connectivity index (χ3n) is 3.31. The second-order valence-electron chi connectivity index (χ2n) is 4.68. The molecule has 1 saturated heterocycles. The number of aliphatic hydroxyl groups is 2. The number of aromatic nitrogens is 2. The molecule has 0 saturated carbocycles. The highest BCUT2D eigenvalue weighted by Gasteiger charge is 2.34. The van der Waals surface area contributed by atoms with E-state index in [0.29, 0.717) is 12.8 Å². The van der Waals surface area contributed by atoms with Gasteiger partial charge in [-0.25, -0.2) is 4.79 Å². The van der Waals surface area contributed by atoms with Gasteiger partial charge in [-0.1, -0.05) is 13.0 Å². The summed E-state index contributed by atoms with van der Waals surface area (Å²) in [5.41, 5.74) is -0.858. The molecule has 3 N–H and O–H groups in total. The molecule has 1 aliphatic rings. The zero-order valence-corrected chi connectivity index (χ0v) is 11.2. The van der Waals surface area contributed by atoms with Crippen molar-refractivity contribution in [2.75, 3.05) is 6.61 Å². The first-order chi connectivity index (χ1) is 9.56. The second-order valence-corrected chi connectivity index (χ2v) is 4.68. The summed E-state index contributed by atoms with van der Waals surface area (Å²) in [6.07, 6.45) is 3.62. The summed E-state index contributed by atoms with van der Waals surface area (Å²) in [4.78, 5) is 25.6. The molecule has 1 aromatic heterocycles. The Kier molecular flexibility index (Phi) is 4.53. The molecule has 3 atom stereocenters. The van der Waals surface area contributed by atoms with Gasteiger partial charge in [0.1, 0.15) is 6.23 Å². The van der Waals surface area contributed by atoms with Crippen LogP contribution in [0.3, 0.4) is 0 Å². The minimum atomic E-state index is -0.625. The van der Waals surface area contributed by atoms with Gasteiger partial charge in [0, 0.05) is 12.6 Å². The molecule has 20 heavy (non-hydrogen) atoms. The largest absolute Gasteiger partial charge is 0.392 e. The van der Waals surface area contributed by atoms with E-state index in [-0.39, 0.29) is 18.3 Å². The number of nitrogens with zero attached hydrogens (tertiary/aromatic N) is 1. The van der Waals surface area contributed by atoms with Crippen molar-refractivity contribution in [1.29, 1.82) is 0 Å². The van der Waals surface area contributed by atoms with E-state index in [1.165, 1.54) is 22.9 Å². The Hall–Kier alpha value is -1.70. The van der Waals surface area contributed by atoms with Crippen molar-refractivity contribution in [2.24, 2.45) is 0 Å². The number of hydrogen-bond acceptors (Lipinski definition) is 5. The van der Waals surface area contributed by atoms with Crippen LogP contribution in [0, 0.1) is 0 Å². The molecule has 2 unspecified atom stereocenters. The summed E-state index contributed by atoms with van der Waals surface area (Å²) >= 11 is 0. The molecule has 1 aliphatic heterocycles. The fourth-order valence-corrected chi connectivity index (χ4v) is 2.27. The molecule has 2 rings (SSSR count). The summed E-state index contributed by atoms with van der Waals surface area (Å²) in [6, 6.07) is 0. The standard InChI is InChI=1S/C13H18N2O5/c1-2-10-9(17)6-11(20-10)15-7-8(4-3-5-16)12(18)14-13(15)19/h3-4,7,9-11,16-17H,2,5-6H2,1H3,(H,14,18,19)/b4-3+/t9-,10?,11?/m0/s1. The maximum atomic E-state index is 11.8. The maximum absolute atomic E-state index is 11.8. The van der Waals surface area contributed by atoms with Gasteiger partial charge in [0.15, 0.2) is 0 Å². The van der Waals surface area contributed by atoms with Gasteiger partial charge in [0.05, 0.1) is 24.4 Å². The van der Waals surface area contributed by atoms with E-state index < -0.39 is 23.6 Å². The average Bonchev–Trinajstić information content (AvgIpc) is 2.79. The minimum Gasteiger partial charge on any atom is -0.392 e. The van der Waals surface area contributed by atoms with Crippen molar-refractivity contribution >= 4 is 6.08 Å². The highest BCUT2D eigenvalue weighted by Crippen LogP contribution is 2.29. The van der Waals surface area contributed by atoms with Crippen molar-refractivity contribution in [3.63, 3.8) is 0 Å². The number of nitrogens with one attached hydrogen (secondary N) is 1. The van der Waals surface area contributed by atoms with Crippen LogP contribution in [0.5, 0.6) is 0 Å². The predicted octanol–water partition coefficient (Wildman–Crippen LogP) is -0.400. The van der Waals surface area contributed by atoms with E-state index in [2.05, 4.69) is 4.98 Å². The normalized spacial score (nSPS) is 26.4. The van der Waals surface area contributed by atoms with Crippen LogP contribution in [0.4, 0.5) is 0 Å². The van der Waals surface area contributed by atoms with Crippen LogP contribution < -0.4 is 11.2 Å².